The molecule has 2 nitrogen and oxygen atoms in total. The highest BCUT2D eigenvalue weighted by Gasteiger charge is 2.23. The molecule has 0 fully saturated rings. The van der Waals surface area contributed by atoms with Crippen molar-refractivity contribution in [3.63, 3.8) is 0 Å². The zero-order valence-electron chi connectivity index (χ0n) is 9.79. The first kappa shape index (κ1) is 12.1. The van der Waals surface area contributed by atoms with Gasteiger partial charge < -0.3 is 9.53 Å². The third-order valence-electron chi connectivity index (χ3n) is 2.36. The molecular weight excluding hydrogens is 204 g/mol. The molecule has 0 saturated heterocycles. The molecule has 0 aliphatic rings. The average Bonchev–Trinajstić information content (AvgIpc) is 2.18. The monoisotopic (exact) mass is 224 g/mol. The molecule has 1 rings (SSSR count). The molecule has 0 amide bonds. The SMILES string of the molecule is CCCC[Si](C)(C)Oc1ccc(O)cc1. The molecule has 15 heavy (non-hydrogen) atoms. The zero-order chi connectivity index (χ0) is 11.3. The Morgan fingerprint density at radius 3 is 2.33 bits per heavy atom. The summed E-state index contributed by atoms with van der Waals surface area (Å²) in [6.07, 6.45) is 2.45. The maximum atomic E-state index is 9.15. The van der Waals surface area contributed by atoms with Crippen LogP contribution in [-0.4, -0.2) is 13.4 Å². The molecule has 1 aromatic carbocycles. The van der Waals surface area contributed by atoms with E-state index in [2.05, 4.69) is 20.0 Å². The molecule has 0 aromatic heterocycles. The van der Waals surface area contributed by atoms with Crippen LogP contribution in [0.2, 0.25) is 19.1 Å². The molecule has 0 aliphatic heterocycles. The summed E-state index contributed by atoms with van der Waals surface area (Å²) in [5.74, 6) is 1.16. The molecule has 0 atom stereocenters. The van der Waals surface area contributed by atoms with Gasteiger partial charge in [0.05, 0.1) is 0 Å². The number of aromatic hydroxyl groups is 1. The van der Waals surface area contributed by atoms with Crippen molar-refractivity contribution in [2.45, 2.75) is 38.9 Å². The second-order valence-corrected chi connectivity index (χ2v) is 8.68. The first-order valence-corrected chi connectivity index (χ1v) is 8.63. The zero-order valence-corrected chi connectivity index (χ0v) is 10.8. The number of unbranched alkanes of at least 4 members (excludes halogenated alkanes) is 1. The van der Waals surface area contributed by atoms with Crippen molar-refractivity contribution in [2.24, 2.45) is 0 Å². The van der Waals surface area contributed by atoms with Gasteiger partial charge in [-0.1, -0.05) is 19.8 Å². The van der Waals surface area contributed by atoms with E-state index >= 15 is 0 Å². The Morgan fingerprint density at radius 2 is 1.80 bits per heavy atom. The summed E-state index contributed by atoms with van der Waals surface area (Å²) in [4.78, 5) is 0. The summed E-state index contributed by atoms with van der Waals surface area (Å²) < 4.78 is 5.99. The van der Waals surface area contributed by atoms with Crippen molar-refractivity contribution >= 4 is 8.32 Å². The Morgan fingerprint density at radius 1 is 1.20 bits per heavy atom. The maximum absolute atomic E-state index is 9.15. The smallest absolute Gasteiger partial charge is 0.245 e. The van der Waals surface area contributed by atoms with Crippen LogP contribution in [-0.2, 0) is 0 Å². The highest BCUT2D eigenvalue weighted by molar-refractivity contribution is 6.71. The van der Waals surface area contributed by atoms with E-state index in [9.17, 15) is 0 Å². The summed E-state index contributed by atoms with van der Waals surface area (Å²) in [7, 11) is -1.56. The largest absolute Gasteiger partial charge is 0.544 e. The highest BCUT2D eigenvalue weighted by Crippen LogP contribution is 2.22. The second-order valence-electron chi connectivity index (χ2n) is 4.46. The van der Waals surface area contributed by atoms with Crippen LogP contribution in [0.1, 0.15) is 19.8 Å². The van der Waals surface area contributed by atoms with Crippen LogP contribution in [0.4, 0.5) is 0 Å². The van der Waals surface area contributed by atoms with Gasteiger partial charge in [-0.15, -0.1) is 0 Å². The third-order valence-corrected chi connectivity index (χ3v) is 4.71. The van der Waals surface area contributed by atoms with Crippen molar-refractivity contribution in [3.05, 3.63) is 24.3 Å². The fourth-order valence-corrected chi connectivity index (χ4v) is 3.57. The minimum Gasteiger partial charge on any atom is -0.544 e. The molecule has 84 valence electrons. The van der Waals surface area contributed by atoms with Gasteiger partial charge in [0.2, 0.25) is 8.32 Å². The van der Waals surface area contributed by atoms with Crippen LogP contribution in [0.3, 0.4) is 0 Å². The van der Waals surface area contributed by atoms with E-state index in [4.69, 9.17) is 9.53 Å². The minimum atomic E-state index is -1.56. The summed E-state index contributed by atoms with van der Waals surface area (Å²) in [5, 5.41) is 9.15. The Labute approximate surface area is 93.0 Å². The summed E-state index contributed by atoms with van der Waals surface area (Å²) in [6.45, 7) is 6.66. The third kappa shape index (κ3) is 4.38. The van der Waals surface area contributed by atoms with E-state index in [0.717, 1.165) is 5.75 Å². The maximum Gasteiger partial charge on any atom is 0.245 e. The summed E-state index contributed by atoms with van der Waals surface area (Å²) in [5.41, 5.74) is 0. The Hall–Kier alpha value is -0.963. The average molecular weight is 224 g/mol. The van der Waals surface area contributed by atoms with Crippen molar-refractivity contribution in [1.82, 2.24) is 0 Å². The number of hydrogen-bond acceptors (Lipinski definition) is 2. The standard InChI is InChI=1S/C12H20O2Si/c1-4-5-10-15(2,3)14-12-8-6-11(13)7-9-12/h6-9,13H,4-5,10H2,1-3H3. The molecule has 0 unspecified atom stereocenters. The van der Waals surface area contributed by atoms with Crippen molar-refractivity contribution in [3.8, 4) is 11.5 Å². The van der Waals surface area contributed by atoms with Crippen LogP contribution in [0.15, 0.2) is 24.3 Å². The lowest BCUT2D eigenvalue weighted by Gasteiger charge is -2.23. The van der Waals surface area contributed by atoms with Crippen LogP contribution in [0, 0.1) is 0 Å². The summed E-state index contributed by atoms with van der Waals surface area (Å²) in [6, 6.07) is 8.18. The summed E-state index contributed by atoms with van der Waals surface area (Å²) >= 11 is 0. The first-order chi connectivity index (χ1) is 7.03. The van der Waals surface area contributed by atoms with Crippen LogP contribution >= 0.6 is 0 Å². The number of benzene rings is 1. The molecule has 0 aliphatic carbocycles. The van der Waals surface area contributed by atoms with Crippen LogP contribution < -0.4 is 4.43 Å². The van der Waals surface area contributed by atoms with Crippen LogP contribution in [0.25, 0.3) is 0 Å². The van der Waals surface area contributed by atoms with Gasteiger partial charge in [0.1, 0.15) is 11.5 Å². The Bertz CT molecular complexity index is 293. The molecule has 0 radical (unpaired) electrons. The van der Waals surface area contributed by atoms with Crippen molar-refractivity contribution in [1.29, 1.82) is 0 Å². The van der Waals surface area contributed by atoms with E-state index in [1.54, 1.807) is 12.1 Å². The molecule has 0 bridgehead atoms. The quantitative estimate of drug-likeness (QED) is 0.771. The fourth-order valence-electron chi connectivity index (χ4n) is 1.49. The predicted octanol–water partition coefficient (Wildman–Crippen LogP) is 3.78. The molecular formula is C12H20O2Si. The number of hydrogen-bond donors (Lipinski definition) is 1. The van der Waals surface area contributed by atoms with Crippen molar-refractivity contribution in [2.75, 3.05) is 0 Å². The predicted molar refractivity (Wildman–Crippen MR) is 65.9 cm³/mol. The lowest BCUT2D eigenvalue weighted by molar-refractivity contribution is 0.472. The normalized spacial score (nSPS) is 11.4. The van der Waals surface area contributed by atoms with E-state index < -0.39 is 8.32 Å². The van der Waals surface area contributed by atoms with Gasteiger partial charge in [0, 0.05) is 0 Å². The number of rotatable bonds is 5. The van der Waals surface area contributed by atoms with E-state index in [1.165, 1.54) is 18.9 Å². The van der Waals surface area contributed by atoms with Gasteiger partial charge in [-0.2, -0.15) is 0 Å². The molecule has 0 spiro atoms. The lowest BCUT2D eigenvalue weighted by atomic mass is 10.3. The molecule has 0 heterocycles. The second kappa shape index (κ2) is 5.21. The highest BCUT2D eigenvalue weighted by atomic mass is 28.4. The van der Waals surface area contributed by atoms with Crippen LogP contribution in [0.5, 0.6) is 11.5 Å². The molecule has 0 saturated carbocycles. The van der Waals surface area contributed by atoms with E-state index in [1.807, 2.05) is 12.1 Å². The minimum absolute atomic E-state index is 0.287. The van der Waals surface area contributed by atoms with E-state index in [0.29, 0.717) is 0 Å². The Kier molecular flexibility index (Phi) is 4.21. The van der Waals surface area contributed by atoms with Gasteiger partial charge >= 0.3 is 0 Å². The molecule has 3 heteroatoms. The number of phenols is 1. The van der Waals surface area contributed by atoms with Gasteiger partial charge in [0.15, 0.2) is 0 Å². The van der Waals surface area contributed by atoms with Crippen molar-refractivity contribution < 1.29 is 9.53 Å². The molecule has 1 N–H and O–H groups in total. The van der Waals surface area contributed by atoms with Gasteiger partial charge in [-0.05, 0) is 43.4 Å². The number of phenolic OH excluding ortho intramolecular Hbond substituents is 1. The van der Waals surface area contributed by atoms with Gasteiger partial charge in [-0.25, -0.2) is 0 Å². The molecule has 1 aromatic rings. The first-order valence-electron chi connectivity index (χ1n) is 5.51. The lowest BCUT2D eigenvalue weighted by Crippen LogP contribution is -2.33. The Balaban J connectivity index is 2.56. The van der Waals surface area contributed by atoms with Gasteiger partial charge in [0.25, 0.3) is 0 Å². The van der Waals surface area contributed by atoms with Gasteiger partial charge in [-0.3, -0.25) is 0 Å². The topological polar surface area (TPSA) is 29.5 Å². The fraction of sp³-hybridized carbons (Fsp3) is 0.500. The van der Waals surface area contributed by atoms with E-state index in [-0.39, 0.29) is 5.75 Å².